The fourth-order valence-electron chi connectivity index (χ4n) is 0.952. The van der Waals surface area contributed by atoms with Gasteiger partial charge in [0.1, 0.15) is 5.75 Å². The molecule has 0 atom stereocenters. The van der Waals surface area contributed by atoms with Crippen LogP contribution < -0.4 is 10.5 Å². The van der Waals surface area contributed by atoms with Crippen LogP contribution in [0.15, 0.2) is 24.3 Å². The van der Waals surface area contributed by atoms with Crippen molar-refractivity contribution in [2.45, 2.75) is 19.3 Å². The van der Waals surface area contributed by atoms with Gasteiger partial charge >= 0.3 is 0 Å². The topological polar surface area (TPSA) is 35.2 Å². The van der Waals surface area contributed by atoms with Gasteiger partial charge in [-0.2, -0.15) is 0 Å². The summed E-state index contributed by atoms with van der Waals surface area (Å²) in [6, 6.07) is 6.83. The minimum Gasteiger partial charge on any atom is -0.491 e. The maximum atomic E-state index is 12.4. The minimum absolute atomic E-state index is 0.0300. The zero-order valence-corrected chi connectivity index (χ0v) is 7.97. The fourth-order valence-corrected chi connectivity index (χ4v) is 0.952. The third-order valence-corrected chi connectivity index (χ3v) is 1.72. The van der Waals surface area contributed by atoms with Crippen LogP contribution in [-0.4, -0.2) is 12.5 Å². The Morgan fingerprint density at radius 2 is 2.00 bits per heavy atom. The van der Waals surface area contributed by atoms with E-state index in [9.17, 15) is 8.78 Å². The lowest BCUT2D eigenvalue weighted by Gasteiger charge is -2.12. The number of para-hydroxylation sites is 2. The molecule has 0 fully saturated rings. The molecule has 0 saturated heterocycles. The van der Waals surface area contributed by atoms with Gasteiger partial charge in [-0.05, 0) is 19.1 Å². The van der Waals surface area contributed by atoms with E-state index in [0.29, 0.717) is 11.4 Å². The molecular formula is C10H13F2NO. The lowest BCUT2D eigenvalue weighted by Crippen LogP contribution is -2.14. The Balaban J connectivity index is 2.43. The Kier molecular flexibility index (Phi) is 3.28. The number of rotatable bonds is 4. The Morgan fingerprint density at radius 1 is 1.36 bits per heavy atom. The number of halogens is 2. The molecule has 2 nitrogen and oxygen atoms in total. The summed E-state index contributed by atoms with van der Waals surface area (Å²) in [4.78, 5) is 0. The highest BCUT2D eigenvalue weighted by molar-refractivity contribution is 5.51. The third kappa shape index (κ3) is 3.60. The lowest BCUT2D eigenvalue weighted by molar-refractivity contribution is 0.000930. The molecule has 0 amide bonds. The molecule has 0 heterocycles. The molecule has 2 N–H and O–H groups in total. The van der Waals surface area contributed by atoms with Crippen LogP contribution in [0.3, 0.4) is 0 Å². The predicted molar refractivity (Wildman–Crippen MR) is 51.6 cm³/mol. The van der Waals surface area contributed by atoms with Gasteiger partial charge in [-0.3, -0.25) is 0 Å². The van der Waals surface area contributed by atoms with E-state index in [-0.39, 0.29) is 13.0 Å². The Morgan fingerprint density at radius 3 is 2.57 bits per heavy atom. The van der Waals surface area contributed by atoms with Crippen molar-refractivity contribution >= 4 is 5.69 Å². The zero-order valence-electron chi connectivity index (χ0n) is 7.97. The van der Waals surface area contributed by atoms with Gasteiger partial charge in [0.05, 0.1) is 12.3 Å². The first-order valence-electron chi connectivity index (χ1n) is 4.34. The highest BCUT2D eigenvalue weighted by Crippen LogP contribution is 2.22. The highest BCUT2D eigenvalue weighted by atomic mass is 19.3. The molecule has 0 aliphatic rings. The van der Waals surface area contributed by atoms with Gasteiger partial charge in [0.2, 0.25) is 5.92 Å². The summed E-state index contributed by atoms with van der Waals surface area (Å²) in [5, 5.41) is 0. The SMILES string of the molecule is CC(F)(F)CCOc1ccccc1N. The van der Waals surface area contributed by atoms with Gasteiger partial charge in [-0.15, -0.1) is 0 Å². The summed E-state index contributed by atoms with van der Waals surface area (Å²) in [5.74, 6) is -2.24. The monoisotopic (exact) mass is 201 g/mol. The number of alkyl halides is 2. The average molecular weight is 201 g/mol. The van der Waals surface area contributed by atoms with Crippen LogP contribution in [-0.2, 0) is 0 Å². The number of nitrogens with two attached hydrogens (primary N) is 1. The van der Waals surface area contributed by atoms with E-state index in [1.54, 1.807) is 24.3 Å². The summed E-state index contributed by atoms with van der Waals surface area (Å²) in [7, 11) is 0. The van der Waals surface area contributed by atoms with Gasteiger partial charge < -0.3 is 10.5 Å². The molecular weight excluding hydrogens is 188 g/mol. The summed E-state index contributed by atoms with van der Waals surface area (Å²) in [6.07, 6.45) is -0.304. The second-order valence-electron chi connectivity index (χ2n) is 3.21. The number of hydrogen-bond acceptors (Lipinski definition) is 2. The molecule has 0 unspecified atom stereocenters. The Hall–Kier alpha value is -1.32. The van der Waals surface area contributed by atoms with E-state index in [4.69, 9.17) is 10.5 Å². The first-order valence-corrected chi connectivity index (χ1v) is 4.34. The van der Waals surface area contributed by atoms with Crippen molar-refractivity contribution in [1.29, 1.82) is 0 Å². The van der Waals surface area contributed by atoms with Crippen LogP contribution in [0.2, 0.25) is 0 Å². The number of ether oxygens (including phenoxy) is 1. The maximum absolute atomic E-state index is 12.4. The van der Waals surface area contributed by atoms with Crippen LogP contribution in [0.4, 0.5) is 14.5 Å². The molecule has 0 saturated carbocycles. The van der Waals surface area contributed by atoms with Crippen molar-refractivity contribution in [2.75, 3.05) is 12.3 Å². The molecule has 0 spiro atoms. The maximum Gasteiger partial charge on any atom is 0.248 e. The summed E-state index contributed by atoms with van der Waals surface area (Å²) in [6.45, 7) is 0.836. The first kappa shape index (κ1) is 10.8. The predicted octanol–water partition coefficient (Wildman–Crippen LogP) is 2.69. The molecule has 78 valence electrons. The van der Waals surface area contributed by atoms with E-state index < -0.39 is 5.92 Å². The van der Waals surface area contributed by atoms with E-state index in [0.717, 1.165) is 6.92 Å². The van der Waals surface area contributed by atoms with Crippen molar-refractivity contribution in [3.05, 3.63) is 24.3 Å². The normalized spacial score (nSPS) is 11.4. The van der Waals surface area contributed by atoms with Gasteiger partial charge in [-0.1, -0.05) is 12.1 Å². The van der Waals surface area contributed by atoms with Crippen LogP contribution in [0.25, 0.3) is 0 Å². The van der Waals surface area contributed by atoms with E-state index in [1.165, 1.54) is 0 Å². The molecule has 0 radical (unpaired) electrons. The molecule has 1 aromatic rings. The van der Waals surface area contributed by atoms with Crippen LogP contribution in [0.5, 0.6) is 5.75 Å². The van der Waals surface area contributed by atoms with E-state index in [2.05, 4.69) is 0 Å². The van der Waals surface area contributed by atoms with Crippen molar-refractivity contribution in [3.8, 4) is 5.75 Å². The van der Waals surface area contributed by atoms with E-state index >= 15 is 0 Å². The zero-order chi connectivity index (χ0) is 10.6. The average Bonchev–Trinajstić information content (AvgIpc) is 2.06. The van der Waals surface area contributed by atoms with Crippen molar-refractivity contribution < 1.29 is 13.5 Å². The standard InChI is InChI=1S/C10H13F2NO/c1-10(11,12)6-7-14-9-5-3-2-4-8(9)13/h2-5H,6-7,13H2,1H3. The largest absolute Gasteiger partial charge is 0.491 e. The summed E-state index contributed by atoms with van der Waals surface area (Å²) < 4.78 is 29.9. The quantitative estimate of drug-likeness (QED) is 0.760. The highest BCUT2D eigenvalue weighted by Gasteiger charge is 2.20. The smallest absolute Gasteiger partial charge is 0.248 e. The molecule has 0 aromatic heterocycles. The molecule has 14 heavy (non-hydrogen) atoms. The van der Waals surface area contributed by atoms with E-state index in [1.807, 2.05) is 0 Å². The third-order valence-electron chi connectivity index (χ3n) is 1.72. The van der Waals surface area contributed by atoms with Gasteiger partial charge in [0, 0.05) is 6.42 Å². The molecule has 4 heteroatoms. The van der Waals surface area contributed by atoms with Crippen molar-refractivity contribution in [1.82, 2.24) is 0 Å². The fraction of sp³-hybridized carbons (Fsp3) is 0.400. The Bertz CT molecular complexity index is 296. The Labute approximate surface area is 81.7 Å². The molecule has 0 aliphatic heterocycles. The molecule has 0 bridgehead atoms. The number of hydrogen-bond donors (Lipinski definition) is 1. The van der Waals surface area contributed by atoms with Crippen LogP contribution in [0, 0.1) is 0 Å². The minimum atomic E-state index is -2.69. The lowest BCUT2D eigenvalue weighted by atomic mass is 10.3. The van der Waals surface area contributed by atoms with Crippen LogP contribution in [0.1, 0.15) is 13.3 Å². The number of nitrogen functional groups attached to an aromatic ring is 1. The number of benzene rings is 1. The van der Waals surface area contributed by atoms with Gasteiger partial charge in [0.15, 0.2) is 0 Å². The second-order valence-corrected chi connectivity index (χ2v) is 3.21. The summed E-state index contributed by atoms with van der Waals surface area (Å²) in [5.41, 5.74) is 6.02. The second kappa shape index (κ2) is 4.26. The van der Waals surface area contributed by atoms with Crippen molar-refractivity contribution in [2.24, 2.45) is 0 Å². The molecule has 1 aromatic carbocycles. The van der Waals surface area contributed by atoms with Gasteiger partial charge in [-0.25, -0.2) is 8.78 Å². The summed E-state index contributed by atoms with van der Waals surface area (Å²) >= 11 is 0. The molecule has 0 aliphatic carbocycles. The van der Waals surface area contributed by atoms with Crippen LogP contribution >= 0.6 is 0 Å². The number of anilines is 1. The van der Waals surface area contributed by atoms with Gasteiger partial charge in [0.25, 0.3) is 0 Å². The van der Waals surface area contributed by atoms with Crippen molar-refractivity contribution in [3.63, 3.8) is 0 Å². The molecule has 1 rings (SSSR count). The first-order chi connectivity index (χ1) is 6.49.